The molecular formula is C26H22IN5O2. The van der Waals surface area contributed by atoms with Gasteiger partial charge in [0.05, 0.1) is 18.1 Å². The zero-order chi connectivity index (χ0) is 23.7. The third-order valence-corrected chi connectivity index (χ3v) is 6.40. The van der Waals surface area contributed by atoms with E-state index in [9.17, 15) is 4.79 Å². The second kappa shape index (κ2) is 9.30. The van der Waals surface area contributed by atoms with Crippen molar-refractivity contribution in [2.45, 2.75) is 6.42 Å². The number of aromatic nitrogens is 3. The van der Waals surface area contributed by atoms with E-state index >= 15 is 0 Å². The van der Waals surface area contributed by atoms with Crippen molar-refractivity contribution in [2.24, 2.45) is 0 Å². The van der Waals surface area contributed by atoms with Gasteiger partial charge in [0.1, 0.15) is 22.6 Å². The van der Waals surface area contributed by atoms with Gasteiger partial charge in [0.25, 0.3) is 5.91 Å². The van der Waals surface area contributed by atoms with Gasteiger partial charge in [-0.1, -0.05) is 30.3 Å². The highest BCUT2D eigenvalue weighted by molar-refractivity contribution is 14.1. The molecule has 0 aliphatic rings. The lowest BCUT2D eigenvalue weighted by atomic mass is 10.1. The second-order valence-electron chi connectivity index (χ2n) is 7.77. The van der Waals surface area contributed by atoms with Crippen LogP contribution >= 0.6 is 22.6 Å². The van der Waals surface area contributed by atoms with Crippen LogP contribution in [0.5, 0.6) is 5.75 Å². The van der Waals surface area contributed by atoms with Crippen LogP contribution in [0.2, 0.25) is 0 Å². The van der Waals surface area contributed by atoms with Crippen molar-refractivity contribution >= 4 is 56.5 Å². The van der Waals surface area contributed by atoms with Gasteiger partial charge in [0.2, 0.25) is 0 Å². The Morgan fingerprint density at radius 1 is 1.00 bits per heavy atom. The summed E-state index contributed by atoms with van der Waals surface area (Å²) >= 11 is 2.25. The Morgan fingerprint density at radius 2 is 1.68 bits per heavy atom. The molecule has 0 spiro atoms. The first-order chi connectivity index (χ1) is 16.6. The maximum atomic E-state index is 13.4. The highest BCUT2D eigenvalue weighted by atomic mass is 127. The van der Waals surface area contributed by atoms with Crippen LogP contribution in [0.15, 0.2) is 72.8 Å². The summed E-state index contributed by atoms with van der Waals surface area (Å²) in [5, 5.41) is 3.00. The number of rotatable bonds is 6. The molecule has 0 aliphatic carbocycles. The number of nitrogens with zero attached hydrogens (tertiary/aromatic N) is 3. The van der Waals surface area contributed by atoms with Crippen molar-refractivity contribution < 1.29 is 9.53 Å². The zero-order valence-electron chi connectivity index (χ0n) is 18.5. The highest BCUT2D eigenvalue weighted by Gasteiger charge is 2.24. The number of carbonyl (C=O) groups is 1. The number of anilines is 1. The molecule has 0 saturated carbocycles. The topological polar surface area (TPSA) is 95.1 Å². The first kappa shape index (κ1) is 22.1. The molecule has 34 heavy (non-hydrogen) atoms. The van der Waals surface area contributed by atoms with Crippen LogP contribution < -0.4 is 15.8 Å². The number of fused-ring (bicyclic) bond motifs is 2. The summed E-state index contributed by atoms with van der Waals surface area (Å²) in [7, 11) is 1.64. The quantitative estimate of drug-likeness (QED) is 0.291. The Kier molecular flexibility index (Phi) is 6.06. The Bertz CT molecular complexity index is 1510. The van der Waals surface area contributed by atoms with Gasteiger partial charge in [0, 0.05) is 15.8 Å². The summed E-state index contributed by atoms with van der Waals surface area (Å²) < 4.78 is 8.30. The van der Waals surface area contributed by atoms with E-state index in [2.05, 4.69) is 27.9 Å². The molecule has 2 heterocycles. The van der Waals surface area contributed by atoms with Crippen LogP contribution in [0, 0.1) is 3.57 Å². The van der Waals surface area contributed by atoms with E-state index < -0.39 is 0 Å². The average molecular weight is 563 g/mol. The van der Waals surface area contributed by atoms with Crippen LogP contribution in [-0.4, -0.2) is 34.1 Å². The van der Waals surface area contributed by atoms with Crippen LogP contribution in [0.1, 0.15) is 15.9 Å². The third kappa shape index (κ3) is 4.05. The largest absolute Gasteiger partial charge is 0.496 e. The molecule has 0 fully saturated rings. The minimum atomic E-state index is -0.286. The number of benzene rings is 3. The lowest BCUT2D eigenvalue weighted by molar-refractivity contribution is 0.0956. The molecule has 3 aromatic carbocycles. The molecule has 0 atom stereocenters. The maximum Gasteiger partial charge on any atom is 0.257 e. The lowest BCUT2D eigenvalue weighted by Crippen LogP contribution is -2.26. The first-order valence-electron chi connectivity index (χ1n) is 10.8. The number of hydrogen-bond acceptors (Lipinski definition) is 5. The maximum absolute atomic E-state index is 13.4. The number of nitrogen functional groups attached to an aromatic ring is 1. The van der Waals surface area contributed by atoms with E-state index in [0.29, 0.717) is 41.0 Å². The summed E-state index contributed by atoms with van der Waals surface area (Å²) in [6, 6.07) is 23.2. The van der Waals surface area contributed by atoms with Crippen LogP contribution in [0.4, 0.5) is 5.82 Å². The number of ether oxygens (including phenoxy) is 1. The Labute approximate surface area is 210 Å². The number of hydrogen-bond donors (Lipinski definition) is 2. The molecule has 0 bridgehead atoms. The fraction of sp³-hybridized carbons (Fsp3) is 0.115. The Morgan fingerprint density at radius 3 is 2.41 bits per heavy atom. The van der Waals surface area contributed by atoms with Crippen molar-refractivity contribution in [2.75, 3.05) is 19.4 Å². The summed E-state index contributed by atoms with van der Waals surface area (Å²) in [6.07, 6.45) is 0.625. The standard InChI is InChI=1S/C26H22IN5O2/c1-34-21-9-5-2-6-16(21)14-15-29-26(33)22-23-25(31-20-8-4-3-7-19(20)30-23)32(24(22)28)18-12-10-17(27)11-13-18/h2-13H,14-15,28H2,1H3,(H,29,33). The van der Waals surface area contributed by atoms with Crippen molar-refractivity contribution in [1.29, 1.82) is 0 Å². The summed E-state index contributed by atoms with van der Waals surface area (Å²) in [4.78, 5) is 22.9. The summed E-state index contributed by atoms with van der Waals surface area (Å²) in [5.74, 6) is 0.816. The van der Waals surface area contributed by atoms with Crippen LogP contribution in [0.25, 0.3) is 27.9 Å². The monoisotopic (exact) mass is 563 g/mol. The molecule has 1 amide bonds. The number of methoxy groups -OCH3 is 1. The zero-order valence-corrected chi connectivity index (χ0v) is 20.6. The summed E-state index contributed by atoms with van der Waals surface area (Å²) in [5.41, 5.74) is 11.2. The number of nitrogens with two attached hydrogens (primary N) is 1. The summed E-state index contributed by atoms with van der Waals surface area (Å²) in [6.45, 7) is 0.426. The Balaban J connectivity index is 1.55. The highest BCUT2D eigenvalue weighted by Crippen LogP contribution is 2.31. The molecule has 5 aromatic rings. The van der Waals surface area contributed by atoms with Gasteiger partial charge in [-0.2, -0.15) is 0 Å². The predicted molar refractivity (Wildman–Crippen MR) is 143 cm³/mol. The van der Waals surface area contributed by atoms with Crippen molar-refractivity contribution in [3.05, 3.63) is 87.5 Å². The number of nitrogens with one attached hydrogen (secondary N) is 1. The van der Waals surface area contributed by atoms with E-state index in [1.807, 2.05) is 72.8 Å². The van der Waals surface area contributed by atoms with E-state index in [0.717, 1.165) is 26.1 Å². The molecule has 0 unspecified atom stereocenters. The third-order valence-electron chi connectivity index (χ3n) is 5.68. The molecule has 3 N–H and O–H groups in total. The van der Waals surface area contributed by atoms with Crippen molar-refractivity contribution in [3.8, 4) is 11.4 Å². The van der Waals surface area contributed by atoms with Crippen molar-refractivity contribution in [3.63, 3.8) is 0 Å². The molecule has 7 nitrogen and oxygen atoms in total. The molecular weight excluding hydrogens is 541 g/mol. The first-order valence-corrected chi connectivity index (χ1v) is 11.9. The Hall–Kier alpha value is -3.66. The number of halogens is 1. The van der Waals surface area contributed by atoms with Gasteiger partial charge in [0.15, 0.2) is 5.65 Å². The van der Waals surface area contributed by atoms with Gasteiger partial charge in [-0.25, -0.2) is 9.97 Å². The van der Waals surface area contributed by atoms with Crippen LogP contribution in [0.3, 0.4) is 0 Å². The van der Waals surface area contributed by atoms with E-state index in [4.69, 9.17) is 20.4 Å². The second-order valence-corrected chi connectivity index (χ2v) is 9.02. The van der Waals surface area contributed by atoms with Crippen LogP contribution in [-0.2, 0) is 6.42 Å². The van der Waals surface area contributed by atoms with Gasteiger partial charge >= 0.3 is 0 Å². The van der Waals surface area contributed by atoms with E-state index in [1.165, 1.54) is 0 Å². The number of amides is 1. The number of para-hydroxylation sites is 3. The molecule has 0 saturated heterocycles. The van der Waals surface area contributed by atoms with E-state index in [-0.39, 0.29) is 5.91 Å². The van der Waals surface area contributed by atoms with Gasteiger partial charge in [-0.05, 0) is 77.0 Å². The minimum Gasteiger partial charge on any atom is -0.496 e. The molecule has 0 radical (unpaired) electrons. The van der Waals surface area contributed by atoms with Gasteiger partial charge in [-0.15, -0.1) is 0 Å². The molecule has 170 valence electrons. The minimum absolute atomic E-state index is 0.286. The van der Waals surface area contributed by atoms with Gasteiger partial charge in [-0.3, -0.25) is 9.36 Å². The normalized spacial score (nSPS) is 11.1. The molecule has 0 aliphatic heterocycles. The van der Waals surface area contributed by atoms with E-state index in [1.54, 1.807) is 11.7 Å². The van der Waals surface area contributed by atoms with Gasteiger partial charge < -0.3 is 15.8 Å². The molecule has 8 heteroatoms. The average Bonchev–Trinajstić information content (AvgIpc) is 3.14. The lowest BCUT2D eigenvalue weighted by Gasteiger charge is -2.10. The number of carbonyl (C=O) groups excluding carboxylic acids is 1. The molecule has 5 rings (SSSR count). The predicted octanol–water partition coefficient (Wildman–Crippen LogP) is 4.74. The smallest absolute Gasteiger partial charge is 0.257 e. The fourth-order valence-electron chi connectivity index (χ4n) is 4.05. The fourth-order valence-corrected chi connectivity index (χ4v) is 4.41. The SMILES string of the molecule is COc1ccccc1CCNC(=O)c1c(N)n(-c2ccc(I)cc2)c2nc3ccccc3nc12. The van der Waals surface area contributed by atoms with Crippen molar-refractivity contribution in [1.82, 2.24) is 19.9 Å². The molecule has 2 aromatic heterocycles.